The summed E-state index contributed by atoms with van der Waals surface area (Å²) in [5, 5.41) is 0. The summed E-state index contributed by atoms with van der Waals surface area (Å²) in [7, 11) is -3.67. The van der Waals surface area contributed by atoms with E-state index >= 15 is 0 Å². The molecule has 0 aromatic heterocycles. The van der Waals surface area contributed by atoms with Gasteiger partial charge in [0.15, 0.2) is 0 Å². The Kier molecular flexibility index (Phi) is 12.7. The summed E-state index contributed by atoms with van der Waals surface area (Å²) in [6, 6.07) is 6.80. The number of carbonyl (C=O) groups is 2. The molecule has 0 aliphatic heterocycles. The Bertz CT molecular complexity index is 892. The van der Waals surface area contributed by atoms with Crippen molar-refractivity contribution in [2.75, 3.05) is 26.3 Å². The van der Waals surface area contributed by atoms with Gasteiger partial charge in [0.05, 0.1) is 18.1 Å². The van der Waals surface area contributed by atoms with Gasteiger partial charge in [0.25, 0.3) is 0 Å². The SMILES string of the molecule is CCOC(=O)/C=C(\C)CCCN(CCC/C(C)=C/C(=O)OCC)S(=O)(=O)c1ccc(C)cc1. The highest BCUT2D eigenvalue weighted by atomic mass is 32.2. The number of carbonyl (C=O) groups excluding carboxylic acids is 2. The molecule has 0 radical (unpaired) electrons. The number of ether oxygens (including phenoxy) is 2. The van der Waals surface area contributed by atoms with Gasteiger partial charge in [0, 0.05) is 25.2 Å². The van der Waals surface area contributed by atoms with Crippen molar-refractivity contribution < 1.29 is 27.5 Å². The average molecular weight is 480 g/mol. The second-order valence-corrected chi connectivity index (χ2v) is 9.85. The summed E-state index contributed by atoms with van der Waals surface area (Å²) >= 11 is 0. The van der Waals surface area contributed by atoms with Crippen LogP contribution in [0.1, 0.15) is 58.9 Å². The van der Waals surface area contributed by atoms with E-state index in [1.165, 1.54) is 16.5 Å². The number of nitrogens with zero attached hydrogens (tertiary/aromatic N) is 1. The van der Waals surface area contributed by atoms with Crippen LogP contribution in [-0.2, 0) is 29.1 Å². The highest BCUT2D eigenvalue weighted by Gasteiger charge is 2.23. The van der Waals surface area contributed by atoms with Crippen LogP contribution in [0.5, 0.6) is 0 Å². The predicted molar refractivity (Wildman–Crippen MR) is 129 cm³/mol. The lowest BCUT2D eigenvalue weighted by Gasteiger charge is -2.22. The molecule has 0 saturated carbocycles. The molecule has 33 heavy (non-hydrogen) atoms. The number of aryl methyl sites for hydroxylation is 1. The van der Waals surface area contributed by atoms with E-state index in [2.05, 4.69) is 0 Å². The first-order valence-corrected chi connectivity index (χ1v) is 12.8. The lowest BCUT2D eigenvalue weighted by molar-refractivity contribution is -0.138. The van der Waals surface area contributed by atoms with Crippen LogP contribution >= 0.6 is 0 Å². The third-order valence-corrected chi connectivity index (χ3v) is 6.83. The number of benzene rings is 1. The predicted octanol–water partition coefficient (Wildman–Crippen LogP) is 4.56. The first-order chi connectivity index (χ1) is 15.6. The second kappa shape index (κ2) is 14.6. The van der Waals surface area contributed by atoms with Crippen LogP contribution in [0.2, 0.25) is 0 Å². The van der Waals surface area contributed by atoms with Crippen molar-refractivity contribution >= 4 is 22.0 Å². The van der Waals surface area contributed by atoms with Crippen LogP contribution in [0.4, 0.5) is 0 Å². The summed E-state index contributed by atoms with van der Waals surface area (Å²) in [5.74, 6) is -0.772. The van der Waals surface area contributed by atoms with Crippen molar-refractivity contribution in [3.8, 4) is 0 Å². The molecule has 184 valence electrons. The van der Waals surface area contributed by atoms with Gasteiger partial charge in [-0.3, -0.25) is 0 Å². The van der Waals surface area contributed by atoms with Gasteiger partial charge in [-0.05, 0) is 72.4 Å². The minimum atomic E-state index is -3.67. The molecule has 0 fully saturated rings. The van der Waals surface area contributed by atoms with Gasteiger partial charge in [-0.2, -0.15) is 4.31 Å². The van der Waals surface area contributed by atoms with Gasteiger partial charge >= 0.3 is 11.9 Å². The van der Waals surface area contributed by atoms with Crippen molar-refractivity contribution in [2.24, 2.45) is 0 Å². The summed E-state index contributed by atoms with van der Waals surface area (Å²) in [6.45, 7) is 10.3. The molecular weight excluding hydrogens is 442 g/mol. The third kappa shape index (κ3) is 10.8. The van der Waals surface area contributed by atoms with Gasteiger partial charge in [0.1, 0.15) is 0 Å². The Morgan fingerprint density at radius 2 is 1.27 bits per heavy atom. The van der Waals surface area contributed by atoms with Gasteiger partial charge in [0.2, 0.25) is 10.0 Å². The van der Waals surface area contributed by atoms with E-state index < -0.39 is 10.0 Å². The maximum atomic E-state index is 13.3. The fraction of sp³-hybridized carbons (Fsp3) is 0.520. The van der Waals surface area contributed by atoms with E-state index in [9.17, 15) is 18.0 Å². The second-order valence-electron chi connectivity index (χ2n) is 7.91. The van der Waals surface area contributed by atoms with Crippen LogP contribution in [0.25, 0.3) is 0 Å². The highest BCUT2D eigenvalue weighted by molar-refractivity contribution is 7.89. The maximum absolute atomic E-state index is 13.3. The first-order valence-electron chi connectivity index (χ1n) is 11.3. The Labute approximate surface area is 198 Å². The quantitative estimate of drug-likeness (QED) is 0.287. The molecule has 1 aromatic rings. The Hall–Kier alpha value is -2.45. The molecule has 0 spiro atoms. The van der Waals surface area contributed by atoms with Crippen LogP contribution < -0.4 is 0 Å². The summed E-state index contributed by atoms with van der Waals surface area (Å²) in [6.07, 6.45) is 5.22. The van der Waals surface area contributed by atoms with Crippen LogP contribution in [0.3, 0.4) is 0 Å². The summed E-state index contributed by atoms with van der Waals surface area (Å²) in [4.78, 5) is 23.5. The van der Waals surface area contributed by atoms with Gasteiger partial charge in [-0.25, -0.2) is 18.0 Å². The number of esters is 2. The molecular formula is C25H37NO6S. The molecule has 1 aromatic carbocycles. The lowest BCUT2D eigenvalue weighted by atomic mass is 10.1. The Morgan fingerprint density at radius 1 is 0.848 bits per heavy atom. The van der Waals surface area contributed by atoms with Crippen LogP contribution in [0.15, 0.2) is 52.5 Å². The van der Waals surface area contributed by atoms with Crippen LogP contribution in [-0.4, -0.2) is 51.0 Å². The molecule has 0 aliphatic rings. The number of rotatable bonds is 14. The molecule has 1 rings (SSSR count). The topological polar surface area (TPSA) is 90.0 Å². The molecule has 7 nitrogen and oxygen atoms in total. The molecule has 0 atom stereocenters. The van der Waals surface area contributed by atoms with Crippen molar-refractivity contribution in [2.45, 2.75) is 65.2 Å². The number of sulfonamides is 1. The number of hydrogen-bond donors (Lipinski definition) is 0. The normalized spacial score (nSPS) is 12.7. The molecule has 0 N–H and O–H groups in total. The van der Waals surface area contributed by atoms with Crippen molar-refractivity contribution in [3.05, 3.63) is 53.1 Å². The minimum absolute atomic E-state index is 0.255. The van der Waals surface area contributed by atoms with Gasteiger partial charge in [-0.1, -0.05) is 28.8 Å². The zero-order valence-corrected chi connectivity index (χ0v) is 21.2. The number of allylic oxidation sites excluding steroid dienone is 2. The maximum Gasteiger partial charge on any atom is 0.330 e. The zero-order chi connectivity index (χ0) is 24.9. The van der Waals surface area contributed by atoms with Crippen molar-refractivity contribution in [1.29, 1.82) is 0 Å². The molecule has 0 aliphatic carbocycles. The zero-order valence-electron chi connectivity index (χ0n) is 20.4. The smallest absolute Gasteiger partial charge is 0.330 e. The fourth-order valence-electron chi connectivity index (χ4n) is 3.19. The number of hydrogen-bond acceptors (Lipinski definition) is 6. The van der Waals surface area contributed by atoms with E-state index in [-0.39, 0.29) is 16.8 Å². The molecule has 0 bridgehead atoms. The van der Waals surface area contributed by atoms with E-state index in [0.29, 0.717) is 52.0 Å². The highest BCUT2D eigenvalue weighted by Crippen LogP contribution is 2.19. The fourth-order valence-corrected chi connectivity index (χ4v) is 4.71. The van der Waals surface area contributed by atoms with E-state index in [1.54, 1.807) is 38.1 Å². The minimum Gasteiger partial charge on any atom is -0.463 e. The first kappa shape index (κ1) is 28.6. The third-order valence-electron chi connectivity index (χ3n) is 4.92. The molecule has 0 heterocycles. The standard InChI is InChI=1S/C25H37NO6S/c1-6-31-24(27)18-21(4)10-8-16-26(17-9-11-22(5)19-25(28)32-7-2)33(29,30)23-14-12-20(3)13-15-23/h12-15,18-19H,6-11,16-17H2,1-5H3/b21-18+,22-19+. The van der Waals surface area contributed by atoms with Gasteiger partial charge < -0.3 is 9.47 Å². The Balaban J connectivity index is 2.87. The summed E-state index contributed by atoms with van der Waals surface area (Å²) < 4.78 is 37.9. The van der Waals surface area contributed by atoms with Gasteiger partial charge in [-0.15, -0.1) is 0 Å². The molecule has 8 heteroatoms. The van der Waals surface area contributed by atoms with E-state index in [4.69, 9.17) is 9.47 Å². The van der Waals surface area contributed by atoms with E-state index in [1.807, 2.05) is 20.8 Å². The summed E-state index contributed by atoms with van der Waals surface area (Å²) in [5.41, 5.74) is 2.67. The Morgan fingerprint density at radius 3 is 1.67 bits per heavy atom. The average Bonchev–Trinajstić information content (AvgIpc) is 2.73. The molecule has 0 unspecified atom stereocenters. The molecule has 0 amide bonds. The van der Waals surface area contributed by atoms with Crippen molar-refractivity contribution in [1.82, 2.24) is 4.31 Å². The largest absolute Gasteiger partial charge is 0.463 e. The van der Waals surface area contributed by atoms with Crippen LogP contribution in [0, 0.1) is 6.92 Å². The monoisotopic (exact) mass is 479 g/mol. The van der Waals surface area contributed by atoms with E-state index in [0.717, 1.165) is 16.7 Å². The van der Waals surface area contributed by atoms with Crippen molar-refractivity contribution in [3.63, 3.8) is 0 Å². The molecule has 0 saturated heterocycles. The lowest BCUT2D eigenvalue weighted by Crippen LogP contribution is -2.33.